The Hall–Kier alpha value is -1.68. The first-order valence-corrected chi connectivity index (χ1v) is 10.3. The fourth-order valence-corrected chi connectivity index (χ4v) is 3.68. The van der Waals surface area contributed by atoms with Crippen molar-refractivity contribution < 1.29 is 23.0 Å². The molecule has 0 fully saturated rings. The summed E-state index contributed by atoms with van der Waals surface area (Å²) in [6.45, 7) is 3.93. The van der Waals surface area contributed by atoms with Gasteiger partial charge in [-0.2, -0.15) is 0 Å². The molecule has 1 heterocycles. The number of aryl methyl sites for hydroxylation is 1. The molecule has 0 aliphatic heterocycles. The van der Waals surface area contributed by atoms with Gasteiger partial charge in [0.15, 0.2) is 11.5 Å². The Bertz CT molecular complexity index is 831. The summed E-state index contributed by atoms with van der Waals surface area (Å²) in [7, 11) is -1.71. The summed E-state index contributed by atoms with van der Waals surface area (Å²) in [5.74, 6) is 1.05. The zero-order valence-corrected chi connectivity index (χ0v) is 16.2. The predicted octanol–water partition coefficient (Wildman–Crippen LogP) is 2.11. The van der Waals surface area contributed by atoms with Gasteiger partial charge in [-0.05, 0) is 32.0 Å². The first-order chi connectivity index (χ1) is 11.7. The lowest BCUT2D eigenvalue weighted by atomic mass is 10.2. The summed E-state index contributed by atoms with van der Waals surface area (Å²) in [5, 5.41) is 10.5. The number of hydrogen-bond donors (Lipinski definition) is 2. The molecule has 2 rings (SSSR count). The number of rotatable bonds is 8. The van der Waals surface area contributed by atoms with E-state index in [1.54, 1.807) is 19.1 Å². The van der Waals surface area contributed by atoms with Crippen LogP contribution >= 0.6 is 11.3 Å². The number of ether oxygens (including phenoxy) is 2. The second kappa shape index (κ2) is 8.13. The van der Waals surface area contributed by atoms with Crippen molar-refractivity contribution in [2.24, 2.45) is 0 Å². The third kappa shape index (κ3) is 5.40. The lowest BCUT2D eigenvalue weighted by molar-refractivity contribution is 0.194. The lowest BCUT2D eigenvalue weighted by Crippen LogP contribution is -2.26. The predicted molar refractivity (Wildman–Crippen MR) is 97.8 cm³/mol. The van der Waals surface area contributed by atoms with E-state index in [-0.39, 0.29) is 13.2 Å². The van der Waals surface area contributed by atoms with Crippen LogP contribution < -0.4 is 14.2 Å². The minimum atomic E-state index is -3.25. The van der Waals surface area contributed by atoms with E-state index in [4.69, 9.17) is 9.47 Å². The minimum absolute atomic E-state index is 0.161. The molecule has 1 aromatic heterocycles. The van der Waals surface area contributed by atoms with Gasteiger partial charge >= 0.3 is 0 Å². The summed E-state index contributed by atoms with van der Waals surface area (Å²) < 4.78 is 35.4. The first kappa shape index (κ1) is 19.6. The zero-order valence-electron chi connectivity index (χ0n) is 14.6. The van der Waals surface area contributed by atoms with Crippen molar-refractivity contribution >= 4 is 21.4 Å². The first-order valence-electron chi connectivity index (χ1n) is 7.62. The SMILES string of the molecule is COc1ccc(-c2nc(C(C)O)c(C)s2)cc1OCCNS(C)(=O)=O. The van der Waals surface area contributed by atoms with Gasteiger partial charge in [0.2, 0.25) is 10.0 Å². The maximum absolute atomic E-state index is 11.1. The van der Waals surface area contributed by atoms with Crippen molar-refractivity contribution in [1.29, 1.82) is 0 Å². The fraction of sp³-hybridized carbons (Fsp3) is 0.438. The summed E-state index contributed by atoms with van der Waals surface area (Å²) in [5.41, 5.74) is 1.50. The average molecular weight is 386 g/mol. The van der Waals surface area contributed by atoms with Gasteiger partial charge in [0.1, 0.15) is 11.6 Å². The number of sulfonamides is 1. The number of benzene rings is 1. The number of aliphatic hydroxyl groups is 1. The maximum Gasteiger partial charge on any atom is 0.208 e. The molecule has 0 saturated carbocycles. The standard InChI is InChI=1S/C16H22N2O5S2/c1-10(19)15-11(2)24-16(18-15)12-5-6-13(22-3)14(9-12)23-8-7-17-25(4,20)21/h5-6,9-10,17,19H,7-8H2,1-4H3. The van der Waals surface area contributed by atoms with Gasteiger partial charge < -0.3 is 14.6 Å². The van der Waals surface area contributed by atoms with Crippen molar-refractivity contribution in [3.05, 3.63) is 28.8 Å². The molecule has 0 bridgehead atoms. The molecule has 0 spiro atoms. The third-order valence-electron chi connectivity index (χ3n) is 3.36. The van der Waals surface area contributed by atoms with Crippen molar-refractivity contribution in [2.45, 2.75) is 20.0 Å². The zero-order chi connectivity index (χ0) is 18.6. The molecule has 1 aromatic carbocycles. The van der Waals surface area contributed by atoms with Crippen LogP contribution in [0.2, 0.25) is 0 Å². The Kier molecular flexibility index (Phi) is 6.39. The molecule has 1 unspecified atom stereocenters. The Balaban J connectivity index is 2.20. The van der Waals surface area contributed by atoms with E-state index in [0.717, 1.165) is 21.7 Å². The van der Waals surface area contributed by atoms with Crippen LogP contribution in [0, 0.1) is 6.92 Å². The highest BCUT2D eigenvalue weighted by atomic mass is 32.2. The molecular formula is C16H22N2O5S2. The van der Waals surface area contributed by atoms with Gasteiger partial charge in [-0.25, -0.2) is 18.1 Å². The van der Waals surface area contributed by atoms with E-state index in [1.165, 1.54) is 18.4 Å². The molecule has 0 amide bonds. The fourth-order valence-electron chi connectivity index (χ4n) is 2.23. The number of aliphatic hydroxyl groups excluding tert-OH is 1. The Labute approximate surface area is 151 Å². The number of nitrogens with one attached hydrogen (secondary N) is 1. The summed E-state index contributed by atoms with van der Waals surface area (Å²) in [4.78, 5) is 5.44. The van der Waals surface area contributed by atoms with E-state index < -0.39 is 16.1 Å². The number of hydrogen-bond acceptors (Lipinski definition) is 7. The molecular weight excluding hydrogens is 364 g/mol. The molecule has 7 nitrogen and oxygen atoms in total. The van der Waals surface area contributed by atoms with E-state index in [9.17, 15) is 13.5 Å². The van der Waals surface area contributed by atoms with Gasteiger partial charge in [-0.1, -0.05) is 0 Å². The quantitative estimate of drug-likeness (QED) is 0.675. The summed E-state index contributed by atoms with van der Waals surface area (Å²) in [6, 6.07) is 5.43. The molecule has 0 saturated heterocycles. The normalized spacial score (nSPS) is 12.8. The topological polar surface area (TPSA) is 97.8 Å². The van der Waals surface area contributed by atoms with Crippen molar-refractivity contribution in [3.63, 3.8) is 0 Å². The van der Waals surface area contributed by atoms with Gasteiger partial charge in [-0.15, -0.1) is 11.3 Å². The Morgan fingerprint density at radius 2 is 2.08 bits per heavy atom. The number of methoxy groups -OCH3 is 1. The van der Waals surface area contributed by atoms with E-state index in [2.05, 4.69) is 9.71 Å². The second-order valence-corrected chi connectivity index (χ2v) is 8.55. The van der Waals surface area contributed by atoms with Gasteiger partial charge in [0, 0.05) is 17.0 Å². The van der Waals surface area contributed by atoms with E-state index in [0.29, 0.717) is 17.2 Å². The number of nitrogens with zero attached hydrogens (tertiary/aromatic N) is 1. The lowest BCUT2D eigenvalue weighted by Gasteiger charge is -2.12. The van der Waals surface area contributed by atoms with Crippen LogP contribution in [0.1, 0.15) is 23.6 Å². The van der Waals surface area contributed by atoms with E-state index >= 15 is 0 Å². The highest BCUT2D eigenvalue weighted by Crippen LogP contribution is 2.36. The number of aromatic nitrogens is 1. The van der Waals surface area contributed by atoms with E-state index in [1.807, 2.05) is 13.0 Å². The van der Waals surface area contributed by atoms with Crippen LogP contribution in [-0.4, -0.2) is 45.0 Å². The van der Waals surface area contributed by atoms with Crippen LogP contribution in [-0.2, 0) is 10.0 Å². The molecule has 0 radical (unpaired) electrons. The Morgan fingerprint density at radius 1 is 1.36 bits per heavy atom. The van der Waals surface area contributed by atoms with Crippen LogP contribution in [0.5, 0.6) is 11.5 Å². The van der Waals surface area contributed by atoms with Crippen LogP contribution in [0.25, 0.3) is 10.6 Å². The highest BCUT2D eigenvalue weighted by Gasteiger charge is 2.15. The molecule has 1 atom stereocenters. The smallest absolute Gasteiger partial charge is 0.208 e. The molecule has 9 heteroatoms. The largest absolute Gasteiger partial charge is 0.493 e. The number of thiazole rings is 1. The Morgan fingerprint density at radius 3 is 2.64 bits per heavy atom. The van der Waals surface area contributed by atoms with Crippen molar-refractivity contribution in [3.8, 4) is 22.1 Å². The molecule has 0 aliphatic rings. The monoisotopic (exact) mass is 386 g/mol. The summed E-state index contributed by atoms with van der Waals surface area (Å²) in [6.07, 6.45) is 0.472. The van der Waals surface area contributed by atoms with Crippen LogP contribution in [0.15, 0.2) is 18.2 Å². The maximum atomic E-state index is 11.1. The van der Waals surface area contributed by atoms with Gasteiger partial charge in [-0.3, -0.25) is 0 Å². The third-order valence-corrected chi connectivity index (χ3v) is 5.13. The van der Waals surface area contributed by atoms with Crippen molar-refractivity contribution in [2.75, 3.05) is 26.5 Å². The molecule has 25 heavy (non-hydrogen) atoms. The molecule has 138 valence electrons. The summed E-state index contributed by atoms with van der Waals surface area (Å²) >= 11 is 1.49. The highest BCUT2D eigenvalue weighted by molar-refractivity contribution is 7.88. The average Bonchev–Trinajstić information content (AvgIpc) is 2.92. The van der Waals surface area contributed by atoms with Crippen molar-refractivity contribution in [1.82, 2.24) is 9.71 Å². The molecule has 2 aromatic rings. The van der Waals surface area contributed by atoms with Gasteiger partial charge in [0.25, 0.3) is 0 Å². The second-order valence-electron chi connectivity index (χ2n) is 5.52. The van der Waals surface area contributed by atoms with Crippen LogP contribution in [0.4, 0.5) is 0 Å². The van der Waals surface area contributed by atoms with Crippen LogP contribution in [0.3, 0.4) is 0 Å². The van der Waals surface area contributed by atoms with Gasteiger partial charge in [0.05, 0.1) is 25.2 Å². The molecule has 2 N–H and O–H groups in total. The minimum Gasteiger partial charge on any atom is -0.493 e. The molecule has 0 aliphatic carbocycles.